The molecule has 0 aliphatic carbocycles. The summed E-state index contributed by atoms with van der Waals surface area (Å²) in [4.78, 5) is 2.51. The Morgan fingerprint density at radius 1 is 1.18 bits per heavy atom. The Hall–Kier alpha value is -0.900. The van der Waals surface area contributed by atoms with Gasteiger partial charge in [-0.25, -0.2) is 0 Å². The first-order chi connectivity index (χ1) is 8.29. The monoisotopic (exact) mass is 233 g/mol. The van der Waals surface area contributed by atoms with Crippen molar-refractivity contribution in [1.29, 1.82) is 0 Å². The number of nitrogens with two attached hydrogens (primary N) is 2. The topological polar surface area (TPSA) is 55.3 Å². The fourth-order valence-corrected chi connectivity index (χ4v) is 2.57. The third-order valence-electron chi connectivity index (χ3n) is 3.76. The van der Waals surface area contributed by atoms with Crippen molar-refractivity contribution in [1.82, 2.24) is 4.90 Å². The molecule has 1 aliphatic rings. The highest BCUT2D eigenvalue weighted by atomic mass is 15.1. The minimum Gasteiger partial charge on any atom is -0.329 e. The molecule has 0 spiro atoms. The maximum atomic E-state index is 6.00. The average Bonchev–Trinajstić information content (AvgIpc) is 2.40. The van der Waals surface area contributed by atoms with E-state index in [1.54, 1.807) is 0 Å². The first-order valence-electron chi connectivity index (χ1n) is 6.51. The van der Waals surface area contributed by atoms with Crippen LogP contribution in [0, 0.1) is 5.92 Å². The van der Waals surface area contributed by atoms with Gasteiger partial charge < -0.3 is 11.5 Å². The second-order valence-corrected chi connectivity index (χ2v) is 5.00. The molecule has 1 aromatic carbocycles. The van der Waals surface area contributed by atoms with E-state index in [1.165, 1.54) is 18.4 Å². The van der Waals surface area contributed by atoms with Crippen LogP contribution in [-0.2, 0) is 6.54 Å². The molecule has 94 valence electrons. The molecular formula is C14H23N3. The van der Waals surface area contributed by atoms with Gasteiger partial charge in [-0.1, -0.05) is 30.3 Å². The largest absolute Gasteiger partial charge is 0.329 e. The molecular weight excluding hydrogens is 210 g/mol. The average molecular weight is 233 g/mol. The van der Waals surface area contributed by atoms with E-state index >= 15 is 0 Å². The van der Waals surface area contributed by atoms with Crippen LogP contribution >= 0.6 is 0 Å². The third-order valence-corrected chi connectivity index (χ3v) is 3.76. The van der Waals surface area contributed by atoms with Crippen LogP contribution in [0.15, 0.2) is 30.3 Å². The SMILES string of the molecule is NCC(N)C1CCN(Cc2ccccc2)CC1. The Morgan fingerprint density at radius 2 is 1.82 bits per heavy atom. The van der Waals surface area contributed by atoms with Crippen molar-refractivity contribution in [2.75, 3.05) is 19.6 Å². The molecule has 1 aromatic rings. The standard InChI is InChI=1S/C14H23N3/c15-10-14(16)13-6-8-17(9-7-13)11-12-4-2-1-3-5-12/h1-5,13-14H,6-11,15-16H2. The molecule has 0 saturated carbocycles. The molecule has 1 heterocycles. The van der Waals surface area contributed by atoms with Crippen LogP contribution < -0.4 is 11.5 Å². The highest BCUT2D eigenvalue weighted by Gasteiger charge is 2.23. The lowest BCUT2D eigenvalue weighted by molar-refractivity contribution is 0.163. The van der Waals surface area contributed by atoms with Gasteiger partial charge in [-0.15, -0.1) is 0 Å². The molecule has 0 bridgehead atoms. The molecule has 2 rings (SSSR count). The van der Waals surface area contributed by atoms with Crippen LogP contribution in [-0.4, -0.2) is 30.6 Å². The summed E-state index contributed by atoms with van der Waals surface area (Å²) in [7, 11) is 0. The summed E-state index contributed by atoms with van der Waals surface area (Å²) < 4.78 is 0. The van der Waals surface area contributed by atoms with Gasteiger partial charge in [-0.3, -0.25) is 4.90 Å². The van der Waals surface area contributed by atoms with Gasteiger partial charge in [0, 0.05) is 19.1 Å². The van der Waals surface area contributed by atoms with Gasteiger partial charge in [-0.2, -0.15) is 0 Å². The summed E-state index contributed by atoms with van der Waals surface area (Å²) in [5.74, 6) is 0.618. The maximum Gasteiger partial charge on any atom is 0.0233 e. The summed E-state index contributed by atoms with van der Waals surface area (Å²) in [6.07, 6.45) is 2.37. The van der Waals surface area contributed by atoms with Crippen LogP contribution in [0.3, 0.4) is 0 Å². The van der Waals surface area contributed by atoms with E-state index in [4.69, 9.17) is 11.5 Å². The van der Waals surface area contributed by atoms with Gasteiger partial charge in [0.15, 0.2) is 0 Å². The van der Waals surface area contributed by atoms with E-state index in [0.29, 0.717) is 12.5 Å². The smallest absolute Gasteiger partial charge is 0.0233 e. The van der Waals surface area contributed by atoms with Crippen LogP contribution in [0.5, 0.6) is 0 Å². The summed E-state index contributed by atoms with van der Waals surface area (Å²) >= 11 is 0. The van der Waals surface area contributed by atoms with Crippen molar-refractivity contribution in [2.45, 2.75) is 25.4 Å². The minimum absolute atomic E-state index is 0.189. The Labute approximate surface area is 104 Å². The molecule has 0 radical (unpaired) electrons. The zero-order valence-corrected chi connectivity index (χ0v) is 10.4. The second-order valence-electron chi connectivity index (χ2n) is 5.00. The Kier molecular flexibility index (Phi) is 4.54. The van der Waals surface area contributed by atoms with Crippen molar-refractivity contribution in [2.24, 2.45) is 17.4 Å². The Bertz CT molecular complexity index is 317. The lowest BCUT2D eigenvalue weighted by Gasteiger charge is -2.34. The van der Waals surface area contributed by atoms with Gasteiger partial charge in [-0.05, 0) is 37.4 Å². The molecule has 1 fully saturated rings. The lowest BCUT2D eigenvalue weighted by atomic mass is 9.90. The highest BCUT2D eigenvalue weighted by Crippen LogP contribution is 2.20. The van der Waals surface area contributed by atoms with E-state index in [-0.39, 0.29) is 6.04 Å². The normalized spacial score (nSPS) is 20.4. The van der Waals surface area contributed by atoms with Crippen LogP contribution in [0.4, 0.5) is 0 Å². The van der Waals surface area contributed by atoms with Crippen LogP contribution in [0.25, 0.3) is 0 Å². The number of rotatable bonds is 4. The van der Waals surface area contributed by atoms with Crippen molar-refractivity contribution in [3.63, 3.8) is 0 Å². The summed E-state index contributed by atoms with van der Waals surface area (Å²) in [5.41, 5.74) is 13.0. The second kappa shape index (κ2) is 6.15. The molecule has 3 heteroatoms. The van der Waals surface area contributed by atoms with Gasteiger partial charge >= 0.3 is 0 Å². The van der Waals surface area contributed by atoms with Gasteiger partial charge in [0.25, 0.3) is 0 Å². The van der Waals surface area contributed by atoms with Crippen molar-refractivity contribution in [3.8, 4) is 0 Å². The predicted molar refractivity (Wildman–Crippen MR) is 71.5 cm³/mol. The first-order valence-corrected chi connectivity index (χ1v) is 6.51. The van der Waals surface area contributed by atoms with Crippen molar-refractivity contribution >= 4 is 0 Å². The zero-order chi connectivity index (χ0) is 12.1. The number of hydrogen-bond acceptors (Lipinski definition) is 3. The molecule has 0 aromatic heterocycles. The van der Waals surface area contributed by atoms with Gasteiger partial charge in [0.1, 0.15) is 0 Å². The Balaban J connectivity index is 1.80. The first kappa shape index (κ1) is 12.6. The number of likely N-dealkylation sites (tertiary alicyclic amines) is 1. The highest BCUT2D eigenvalue weighted by molar-refractivity contribution is 5.14. The summed E-state index contributed by atoms with van der Waals surface area (Å²) in [6, 6.07) is 10.8. The van der Waals surface area contributed by atoms with E-state index in [9.17, 15) is 0 Å². The summed E-state index contributed by atoms with van der Waals surface area (Å²) in [6.45, 7) is 3.97. The van der Waals surface area contributed by atoms with Crippen molar-refractivity contribution in [3.05, 3.63) is 35.9 Å². The third kappa shape index (κ3) is 3.53. The molecule has 17 heavy (non-hydrogen) atoms. The van der Waals surface area contributed by atoms with Gasteiger partial charge in [0.05, 0.1) is 0 Å². The van der Waals surface area contributed by atoms with Gasteiger partial charge in [0.2, 0.25) is 0 Å². The molecule has 0 amide bonds. The molecule has 3 nitrogen and oxygen atoms in total. The number of piperidine rings is 1. The fourth-order valence-electron chi connectivity index (χ4n) is 2.57. The van der Waals surface area contributed by atoms with E-state index < -0.39 is 0 Å². The Morgan fingerprint density at radius 3 is 2.41 bits per heavy atom. The maximum absolute atomic E-state index is 6.00. The van der Waals surface area contributed by atoms with Crippen LogP contribution in [0.2, 0.25) is 0 Å². The fraction of sp³-hybridized carbons (Fsp3) is 0.571. The minimum atomic E-state index is 0.189. The van der Waals surface area contributed by atoms with E-state index in [1.807, 2.05) is 0 Å². The lowest BCUT2D eigenvalue weighted by Crippen LogP contribution is -2.44. The molecule has 1 atom stereocenters. The molecule has 4 N–H and O–H groups in total. The van der Waals surface area contributed by atoms with E-state index in [2.05, 4.69) is 35.2 Å². The number of nitrogens with zero attached hydrogens (tertiary/aromatic N) is 1. The van der Waals surface area contributed by atoms with Crippen LogP contribution in [0.1, 0.15) is 18.4 Å². The number of hydrogen-bond donors (Lipinski definition) is 2. The summed E-state index contributed by atoms with van der Waals surface area (Å²) in [5, 5.41) is 0. The zero-order valence-electron chi connectivity index (χ0n) is 10.4. The molecule has 1 saturated heterocycles. The van der Waals surface area contributed by atoms with E-state index in [0.717, 1.165) is 19.6 Å². The molecule has 1 unspecified atom stereocenters. The quantitative estimate of drug-likeness (QED) is 0.821. The van der Waals surface area contributed by atoms with Crippen molar-refractivity contribution < 1.29 is 0 Å². The predicted octanol–water partition coefficient (Wildman–Crippen LogP) is 1.18. The number of benzene rings is 1. The molecule has 1 aliphatic heterocycles.